The van der Waals surface area contributed by atoms with Crippen molar-refractivity contribution in [1.29, 1.82) is 0 Å². The number of nitrogens with zero attached hydrogens (tertiary/aromatic N) is 1. The van der Waals surface area contributed by atoms with E-state index in [0.29, 0.717) is 19.4 Å². The van der Waals surface area contributed by atoms with Gasteiger partial charge in [-0.3, -0.25) is 14.4 Å². The Morgan fingerprint density at radius 1 is 1.18 bits per heavy atom. The predicted octanol–water partition coefficient (Wildman–Crippen LogP) is 3.22. The second-order valence-corrected chi connectivity index (χ2v) is 8.92. The van der Waals surface area contributed by atoms with Crippen LogP contribution in [0.1, 0.15) is 57.9 Å². The summed E-state index contributed by atoms with van der Waals surface area (Å²) in [7, 11) is 0. The summed E-state index contributed by atoms with van der Waals surface area (Å²) in [5, 5.41) is 12.5. The summed E-state index contributed by atoms with van der Waals surface area (Å²) in [6, 6.07) is 9.28. The molecular formula is C26H38N2O5. The molecule has 0 aliphatic carbocycles. The van der Waals surface area contributed by atoms with Gasteiger partial charge in [-0.15, -0.1) is 0 Å². The molecule has 182 valence electrons. The average molecular weight is 459 g/mol. The molecule has 2 atom stereocenters. The highest BCUT2D eigenvalue weighted by atomic mass is 16.5. The number of hydrogen-bond donors (Lipinski definition) is 2. The summed E-state index contributed by atoms with van der Waals surface area (Å²) in [5.41, 5.74) is 0.969. The maximum absolute atomic E-state index is 13.1. The van der Waals surface area contributed by atoms with Crippen LogP contribution in [-0.2, 0) is 25.7 Å². The third-order valence-electron chi connectivity index (χ3n) is 5.88. The molecule has 0 aromatic heterocycles. The number of rotatable bonds is 7. The van der Waals surface area contributed by atoms with Gasteiger partial charge in [-0.2, -0.15) is 0 Å². The maximum Gasteiger partial charge on any atom is 0.305 e. The minimum absolute atomic E-state index is 0.0492. The maximum atomic E-state index is 13.1. The number of amides is 2. The average Bonchev–Trinajstić information content (AvgIpc) is 2.79. The van der Waals surface area contributed by atoms with Crippen molar-refractivity contribution < 1.29 is 24.2 Å². The fraction of sp³-hybridized carbons (Fsp3) is 0.577. The Bertz CT molecular complexity index is 778. The van der Waals surface area contributed by atoms with Gasteiger partial charge in [0.2, 0.25) is 11.8 Å². The van der Waals surface area contributed by atoms with E-state index >= 15 is 0 Å². The third kappa shape index (κ3) is 9.78. The molecule has 0 fully saturated rings. The van der Waals surface area contributed by atoms with Crippen molar-refractivity contribution in [2.24, 2.45) is 11.8 Å². The number of carbonyl (C=O) groups excluding carboxylic acids is 3. The van der Waals surface area contributed by atoms with Gasteiger partial charge in [0.15, 0.2) is 0 Å². The van der Waals surface area contributed by atoms with E-state index in [1.54, 1.807) is 4.90 Å². The molecule has 1 aliphatic heterocycles. The van der Waals surface area contributed by atoms with Crippen LogP contribution in [0.15, 0.2) is 42.5 Å². The van der Waals surface area contributed by atoms with Crippen LogP contribution < -0.4 is 5.32 Å². The molecule has 2 rings (SSSR count). The number of hydrogen-bond acceptors (Lipinski definition) is 5. The van der Waals surface area contributed by atoms with Crippen LogP contribution in [0.3, 0.4) is 0 Å². The summed E-state index contributed by atoms with van der Waals surface area (Å²) in [4.78, 5) is 39.8. The third-order valence-corrected chi connectivity index (χ3v) is 5.88. The number of aliphatic hydroxyl groups is 1. The standard InChI is InChI=1S/C26H38N2O5/c1-20(2)23-19-33-25(31)14-10-5-3-4-9-13-22(26(32)27-23)17-24(30)28(15-16-29)18-21-11-7-6-8-12-21/h4,6-9,11-12,20,22-23,29H,3,5,10,13-19H2,1-2H3,(H,27,32). The van der Waals surface area contributed by atoms with Gasteiger partial charge in [-0.1, -0.05) is 56.3 Å². The summed E-state index contributed by atoms with van der Waals surface area (Å²) >= 11 is 0. The van der Waals surface area contributed by atoms with E-state index in [0.717, 1.165) is 24.8 Å². The topological polar surface area (TPSA) is 95.9 Å². The molecule has 0 spiro atoms. The second kappa shape index (κ2) is 14.5. The molecule has 0 saturated heterocycles. The molecule has 2 amide bonds. The van der Waals surface area contributed by atoms with E-state index in [1.165, 1.54) is 0 Å². The van der Waals surface area contributed by atoms with Gasteiger partial charge in [0.25, 0.3) is 0 Å². The molecule has 2 unspecified atom stereocenters. The second-order valence-electron chi connectivity index (χ2n) is 8.92. The SMILES string of the molecule is CC(C)C1COC(=O)CCCCC=CCC(CC(=O)N(CCO)Cc2ccccc2)C(=O)N1. The van der Waals surface area contributed by atoms with Crippen molar-refractivity contribution in [3.8, 4) is 0 Å². The van der Waals surface area contributed by atoms with Gasteiger partial charge >= 0.3 is 5.97 Å². The summed E-state index contributed by atoms with van der Waals surface area (Å²) in [6.45, 7) is 4.51. The molecule has 7 heteroatoms. The lowest BCUT2D eigenvalue weighted by Crippen LogP contribution is -2.46. The van der Waals surface area contributed by atoms with Crippen molar-refractivity contribution in [2.45, 2.75) is 65.0 Å². The number of benzene rings is 1. The molecule has 1 aromatic carbocycles. The van der Waals surface area contributed by atoms with Gasteiger partial charge in [0.05, 0.1) is 18.6 Å². The summed E-state index contributed by atoms with van der Waals surface area (Å²) < 4.78 is 5.39. The fourth-order valence-electron chi connectivity index (χ4n) is 3.71. The first kappa shape index (κ1) is 26.6. The van der Waals surface area contributed by atoms with Crippen molar-refractivity contribution in [3.05, 3.63) is 48.0 Å². The van der Waals surface area contributed by atoms with E-state index < -0.39 is 5.92 Å². The zero-order chi connectivity index (χ0) is 24.1. The first-order valence-electron chi connectivity index (χ1n) is 11.9. The molecule has 0 radical (unpaired) electrons. The Kier molecular flexibility index (Phi) is 11.7. The molecule has 1 aliphatic rings. The Hall–Kier alpha value is -2.67. The number of aliphatic hydroxyl groups excluding tert-OH is 1. The molecule has 1 aromatic rings. The highest BCUT2D eigenvalue weighted by Crippen LogP contribution is 2.17. The Labute approximate surface area is 197 Å². The van der Waals surface area contributed by atoms with E-state index in [4.69, 9.17) is 4.74 Å². The van der Waals surface area contributed by atoms with E-state index in [1.807, 2.05) is 56.3 Å². The lowest BCUT2D eigenvalue weighted by Gasteiger charge is -2.27. The van der Waals surface area contributed by atoms with Gasteiger partial charge in [0.1, 0.15) is 6.61 Å². The number of nitrogens with one attached hydrogen (secondary N) is 1. The highest BCUT2D eigenvalue weighted by molar-refractivity contribution is 5.86. The first-order chi connectivity index (χ1) is 15.9. The van der Waals surface area contributed by atoms with Crippen molar-refractivity contribution >= 4 is 17.8 Å². The summed E-state index contributed by atoms with van der Waals surface area (Å²) in [5.74, 6) is -1.10. The van der Waals surface area contributed by atoms with Crippen LogP contribution >= 0.6 is 0 Å². The first-order valence-corrected chi connectivity index (χ1v) is 11.9. The number of allylic oxidation sites excluding steroid dienone is 2. The van der Waals surface area contributed by atoms with Crippen LogP contribution in [0.4, 0.5) is 0 Å². The monoisotopic (exact) mass is 458 g/mol. The van der Waals surface area contributed by atoms with Crippen LogP contribution in [0.25, 0.3) is 0 Å². The van der Waals surface area contributed by atoms with Crippen molar-refractivity contribution in [2.75, 3.05) is 19.8 Å². The van der Waals surface area contributed by atoms with Gasteiger partial charge < -0.3 is 20.1 Å². The molecule has 33 heavy (non-hydrogen) atoms. The normalized spacial score (nSPS) is 20.6. The van der Waals surface area contributed by atoms with E-state index in [9.17, 15) is 19.5 Å². The number of ether oxygens (including phenoxy) is 1. The fourth-order valence-corrected chi connectivity index (χ4v) is 3.71. The number of esters is 1. The molecule has 0 bridgehead atoms. The molecule has 7 nitrogen and oxygen atoms in total. The minimum Gasteiger partial charge on any atom is -0.463 e. The minimum atomic E-state index is -0.536. The summed E-state index contributed by atoms with van der Waals surface area (Å²) in [6.07, 6.45) is 7.31. The van der Waals surface area contributed by atoms with Gasteiger partial charge in [-0.05, 0) is 37.2 Å². The largest absolute Gasteiger partial charge is 0.463 e. The Morgan fingerprint density at radius 2 is 1.94 bits per heavy atom. The van der Waals surface area contributed by atoms with Gasteiger partial charge in [-0.25, -0.2) is 0 Å². The Morgan fingerprint density at radius 3 is 2.64 bits per heavy atom. The van der Waals surface area contributed by atoms with E-state index in [2.05, 4.69) is 5.32 Å². The predicted molar refractivity (Wildman–Crippen MR) is 127 cm³/mol. The van der Waals surface area contributed by atoms with Crippen LogP contribution in [0.5, 0.6) is 0 Å². The lowest BCUT2D eigenvalue weighted by atomic mass is 9.96. The smallest absolute Gasteiger partial charge is 0.305 e. The number of carbonyl (C=O) groups is 3. The van der Waals surface area contributed by atoms with Crippen molar-refractivity contribution in [3.63, 3.8) is 0 Å². The van der Waals surface area contributed by atoms with Crippen LogP contribution in [0, 0.1) is 11.8 Å². The molecule has 1 heterocycles. The zero-order valence-corrected chi connectivity index (χ0v) is 19.9. The van der Waals surface area contributed by atoms with Crippen LogP contribution in [-0.4, -0.2) is 53.6 Å². The van der Waals surface area contributed by atoms with Crippen LogP contribution in [0.2, 0.25) is 0 Å². The quantitative estimate of drug-likeness (QED) is 0.483. The lowest BCUT2D eigenvalue weighted by molar-refractivity contribution is -0.145. The molecule has 0 saturated carbocycles. The Balaban J connectivity index is 2.13. The highest BCUT2D eigenvalue weighted by Gasteiger charge is 2.27. The number of cyclic esters (lactones) is 1. The van der Waals surface area contributed by atoms with Crippen molar-refractivity contribution in [1.82, 2.24) is 10.2 Å². The zero-order valence-electron chi connectivity index (χ0n) is 19.9. The van der Waals surface area contributed by atoms with E-state index in [-0.39, 0.29) is 55.9 Å². The molecular weight excluding hydrogens is 420 g/mol. The van der Waals surface area contributed by atoms with Gasteiger partial charge in [0, 0.05) is 25.9 Å². The molecule has 2 N–H and O–H groups in total.